The van der Waals surface area contributed by atoms with Crippen LogP contribution in [0, 0.1) is 6.92 Å². The number of halogens is 1. The van der Waals surface area contributed by atoms with Crippen LogP contribution in [-0.2, 0) is 0 Å². The lowest BCUT2D eigenvalue weighted by molar-refractivity contribution is 0.470. The summed E-state index contributed by atoms with van der Waals surface area (Å²) in [4.78, 5) is 0. The highest BCUT2D eigenvalue weighted by atomic mass is 79.9. The van der Waals surface area contributed by atoms with Crippen molar-refractivity contribution in [3.63, 3.8) is 0 Å². The summed E-state index contributed by atoms with van der Waals surface area (Å²) < 4.78 is 6.88. The predicted octanol–water partition coefficient (Wildman–Crippen LogP) is 4.43. The molecule has 17 heavy (non-hydrogen) atoms. The molecule has 0 spiro atoms. The van der Waals surface area contributed by atoms with Gasteiger partial charge in [-0.3, -0.25) is 0 Å². The second-order valence-electron chi connectivity index (χ2n) is 4.18. The number of nitrogens with two attached hydrogens (primary N) is 1. The van der Waals surface area contributed by atoms with E-state index in [4.69, 9.17) is 10.2 Å². The molecule has 0 aliphatic carbocycles. The Labute approximate surface area is 110 Å². The fourth-order valence-electron chi connectivity index (χ4n) is 1.80. The van der Waals surface area contributed by atoms with Gasteiger partial charge in [0.25, 0.3) is 0 Å². The van der Waals surface area contributed by atoms with E-state index in [1.165, 1.54) is 5.56 Å². The Morgan fingerprint density at radius 2 is 2.06 bits per heavy atom. The van der Waals surface area contributed by atoms with Gasteiger partial charge in [0.15, 0.2) is 0 Å². The van der Waals surface area contributed by atoms with Crippen LogP contribution in [0.1, 0.15) is 30.7 Å². The van der Waals surface area contributed by atoms with Gasteiger partial charge in [-0.1, -0.05) is 22.9 Å². The fraction of sp³-hybridized carbons (Fsp3) is 0.286. The number of aryl methyl sites for hydroxylation is 1. The Balaban J connectivity index is 2.37. The molecule has 2 N–H and O–H groups in total. The minimum absolute atomic E-state index is 0.0143. The average Bonchev–Trinajstić information content (AvgIpc) is 2.77. The molecule has 3 heteroatoms. The Hall–Kier alpha value is -1.06. The Morgan fingerprint density at radius 1 is 1.29 bits per heavy atom. The maximum Gasteiger partial charge on any atom is 0.134 e. The van der Waals surface area contributed by atoms with Gasteiger partial charge in [-0.05, 0) is 49.2 Å². The van der Waals surface area contributed by atoms with Gasteiger partial charge in [-0.25, -0.2) is 0 Å². The summed E-state index contributed by atoms with van der Waals surface area (Å²) in [6.45, 7) is 4.12. The number of furan rings is 1. The third-order valence-corrected chi connectivity index (χ3v) is 3.38. The lowest BCUT2D eigenvalue weighted by Gasteiger charge is -2.05. The minimum Gasteiger partial charge on any atom is -0.459 e. The van der Waals surface area contributed by atoms with Crippen molar-refractivity contribution in [2.45, 2.75) is 26.3 Å². The number of hydrogen-bond donors (Lipinski definition) is 1. The third-order valence-electron chi connectivity index (χ3n) is 2.89. The van der Waals surface area contributed by atoms with E-state index in [2.05, 4.69) is 41.9 Å². The van der Waals surface area contributed by atoms with Crippen molar-refractivity contribution in [1.82, 2.24) is 0 Å². The SMILES string of the molecule is CCC(N)c1ccc(-c2ccc(Br)cc2C)o1. The smallest absolute Gasteiger partial charge is 0.134 e. The normalized spacial score (nSPS) is 12.7. The molecule has 0 aliphatic heterocycles. The molecule has 0 radical (unpaired) electrons. The summed E-state index contributed by atoms with van der Waals surface area (Å²) in [6.07, 6.45) is 0.881. The number of benzene rings is 1. The summed E-state index contributed by atoms with van der Waals surface area (Å²) in [5, 5.41) is 0. The average molecular weight is 294 g/mol. The molecule has 0 saturated heterocycles. The first-order valence-corrected chi connectivity index (χ1v) is 6.53. The van der Waals surface area contributed by atoms with Gasteiger partial charge in [-0.15, -0.1) is 0 Å². The van der Waals surface area contributed by atoms with Crippen LogP contribution in [0.15, 0.2) is 39.2 Å². The zero-order chi connectivity index (χ0) is 12.4. The van der Waals surface area contributed by atoms with Gasteiger partial charge in [-0.2, -0.15) is 0 Å². The molecular formula is C14H16BrNO. The number of rotatable bonds is 3. The van der Waals surface area contributed by atoms with Crippen molar-refractivity contribution in [2.24, 2.45) is 5.73 Å². The van der Waals surface area contributed by atoms with Crippen LogP contribution in [0.25, 0.3) is 11.3 Å². The molecule has 1 atom stereocenters. The van der Waals surface area contributed by atoms with Crippen molar-refractivity contribution in [3.05, 3.63) is 46.1 Å². The quantitative estimate of drug-likeness (QED) is 0.909. The van der Waals surface area contributed by atoms with Gasteiger partial charge in [0, 0.05) is 10.0 Å². The first-order chi connectivity index (χ1) is 8.11. The second-order valence-corrected chi connectivity index (χ2v) is 5.09. The molecule has 0 aliphatic rings. The van der Waals surface area contributed by atoms with Gasteiger partial charge < -0.3 is 10.2 Å². The molecule has 2 rings (SSSR count). The van der Waals surface area contributed by atoms with Crippen LogP contribution >= 0.6 is 15.9 Å². The minimum atomic E-state index is -0.0143. The highest BCUT2D eigenvalue weighted by molar-refractivity contribution is 9.10. The first-order valence-electron chi connectivity index (χ1n) is 5.73. The first kappa shape index (κ1) is 12.4. The molecule has 2 nitrogen and oxygen atoms in total. The Morgan fingerprint density at radius 3 is 2.71 bits per heavy atom. The van der Waals surface area contributed by atoms with Crippen molar-refractivity contribution >= 4 is 15.9 Å². The molecule has 2 aromatic rings. The molecule has 0 fully saturated rings. The third kappa shape index (κ3) is 2.61. The molecular weight excluding hydrogens is 278 g/mol. The van der Waals surface area contributed by atoms with Crippen molar-refractivity contribution < 1.29 is 4.42 Å². The van der Waals surface area contributed by atoms with Gasteiger partial charge in [0.1, 0.15) is 11.5 Å². The summed E-state index contributed by atoms with van der Waals surface area (Å²) in [7, 11) is 0. The van der Waals surface area contributed by atoms with E-state index in [-0.39, 0.29) is 6.04 Å². The molecule has 0 bridgehead atoms. The monoisotopic (exact) mass is 293 g/mol. The summed E-state index contributed by atoms with van der Waals surface area (Å²) in [6, 6.07) is 10.1. The van der Waals surface area contributed by atoms with E-state index in [0.717, 1.165) is 28.0 Å². The molecule has 0 amide bonds. The van der Waals surface area contributed by atoms with Gasteiger partial charge in [0.05, 0.1) is 6.04 Å². The highest BCUT2D eigenvalue weighted by Gasteiger charge is 2.11. The molecule has 1 aromatic heterocycles. The lowest BCUT2D eigenvalue weighted by Crippen LogP contribution is -2.06. The summed E-state index contributed by atoms with van der Waals surface area (Å²) in [5.41, 5.74) is 8.25. The van der Waals surface area contributed by atoms with Crippen LogP contribution < -0.4 is 5.73 Å². The molecule has 0 saturated carbocycles. The van der Waals surface area contributed by atoms with E-state index >= 15 is 0 Å². The van der Waals surface area contributed by atoms with E-state index < -0.39 is 0 Å². The maximum atomic E-state index is 5.95. The predicted molar refractivity (Wildman–Crippen MR) is 73.8 cm³/mol. The van der Waals surface area contributed by atoms with Crippen molar-refractivity contribution in [3.8, 4) is 11.3 Å². The second kappa shape index (κ2) is 5.07. The topological polar surface area (TPSA) is 39.2 Å². The van der Waals surface area contributed by atoms with Crippen LogP contribution in [-0.4, -0.2) is 0 Å². The Bertz CT molecular complexity index is 519. The van der Waals surface area contributed by atoms with Crippen LogP contribution in [0.4, 0.5) is 0 Å². The van der Waals surface area contributed by atoms with Crippen molar-refractivity contribution in [1.29, 1.82) is 0 Å². The van der Waals surface area contributed by atoms with Crippen molar-refractivity contribution in [2.75, 3.05) is 0 Å². The van der Waals surface area contributed by atoms with E-state index in [1.54, 1.807) is 0 Å². The summed E-state index contributed by atoms with van der Waals surface area (Å²) >= 11 is 3.46. The van der Waals surface area contributed by atoms with E-state index in [1.807, 2.05) is 18.2 Å². The number of hydrogen-bond acceptors (Lipinski definition) is 2. The van der Waals surface area contributed by atoms with Crippen LogP contribution in [0.2, 0.25) is 0 Å². The van der Waals surface area contributed by atoms with Crippen LogP contribution in [0.3, 0.4) is 0 Å². The molecule has 1 heterocycles. The van der Waals surface area contributed by atoms with E-state index in [0.29, 0.717) is 0 Å². The zero-order valence-corrected chi connectivity index (χ0v) is 11.6. The standard InChI is InChI=1S/C14H16BrNO/c1-3-12(16)14-7-6-13(17-14)11-5-4-10(15)8-9(11)2/h4-8,12H,3,16H2,1-2H3. The molecule has 90 valence electrons. The summed E-state index contributed by atoms with van der Waals surface area (Å²) in [5.74, 6) is 1.73. The fourth-order valence-corrected chi connectivity index (χ4v) is 2.28. The van der Waals surface area contributed by atoms with E-state index in [9.17, 15) is 0 Å². The van der Waals surface area contributed by atoms with Gasteiger partial charge in [0.2, 0.25) is 0 Å². The molecule has 1 aromatic carbocycles. The van der Waals surface area contributed by atoms with Gasteiger partial charge >= 0.3 is 0 Å². The van der Waals surface area contributed by atoms with Crippen LogP contribution in [0.5, 0.6) is 0 Å². The lowest BCUT2D eigenvalue weighted by atomic mass is 10.1. The highest BCUT2D eigenvalue weighted by Crippen LogP contribution is 2.29. The zero-order valence-electron chi connectivity index (χ0n) is 10.0. The maximum absolute atomic E-state index is 5.95. The largest absolute Gasteiger partial charge is 0.459 e. The Kier molecular flexibility index (Phi) is 3.69. The molecule has 1 unspecified atom stereocenters.